The van der Waals surface area contributed by atoms with Crippen LogP contribution in [-0.4, -0.2) is 20.9 Å². The molecule has 192 valence electrons. The summed E-state index contributed by atoms with van der Waals surface area (Å²) in [7, 11) is 0. The number of anilines is 2. The molecule has 0 spiro atoms. The molecule has 1 heterocycles. The number of nitrogens with zero attached hydrogens (tertiary/aromatic N) is 3. The Morgan fingerprint density at radius 3 is 2.24 bits per heavy atom. The number of aromatic nitrogens is 2. The van der Waals surface area contributed by atoms with Crippen molar-refractivity contribution in [3.8, 4) is 6.07 Å². The number of benzene rings is 2. The minimum atomic E-state index is -0.376. The third-order valence-electron chi connectivity index (χ3n) is 6.40. The van der Waals surface area contributed by atoms with E-state index in [0.717, 1.165) is 12.8 Å². The van der Waals surface area contributed by atoms with E-state index in [0.29, 0.717) is 40.3 Å². The predicted octanol–water partition coefficient (Wildman–Crippen LogP) is 4.11. The highest BCUT2D eigenvalue weighted by atomic mass is 35.5. The molecule has 0 radical (unpaired) electrons. The summed E-state index contributed by atoms with van der Waals surface area (Å²) >= 11 is 6.00. The minimum absolute atomic E-state index is 0.0972. The van der Waals surface area contributed by atoms with Gasteiger partial charge in [-0.05, 0) is 68.0 Å². The van der Waals surface area contributed by atoms with Crippen molar-refractivity contribution < 1.29 is 9.59 Å². The van der Waals surface area contributed by atoms with E-state index in [1.54, 1.807) is 42.7 Å². The molecular formula is C27H28ClN5O4. The number of nitrogens with one attached hydrogen (secondary N) is 2. The van der Waals surface area contributed by atoms with Gasteiger partial charge in [-0.15, -0.1) is 0 Å². The topological polar surface area (TPSA) is 126 Å². The number of carbonyl (C=O) groups is 2. The molecule has 2 amide bonds. The van der Waals surface area contributed by atoms with Gasteiger partial charge in [0.05, 0.1) is 21.5 Å². The summed E-state index contributed by atoms with van der Waals surface area (Å²) in [6.45, 7) is 4.40. The number of fused-ring (bicyclic) bond motifs is 1. The first-order chi connectivity index (χ1) is 17.7. The highest BCUT2D eigenvalue weighted by Crippen LogP contribution is 2.31. The van der Waals surface area contributed by atoms with Crippen molar-refractivity contribution in [1.82, 2.24) is 9.13 Å². The van der Waals surface area contributed by atoms with E-state index in [-0.39, 0.29) is 53.4 Å². The molecule has 1 aliphatic rings. The van der Waals surface area contributed by atoms with E-state index in [9.17, 15) is 19.2 Å². The Hall–Kier alpha value is -3.90. The van der Waals surface area contributed by atoms with Crippen LogP contribution in [0.1, 0.15) is 45.1 Å². The maximum atomic E-state index is 12.9. The standard InChI is InChI=1S/C27H28ClN5O4/c1-3-32-26(36)21-12-19(8-9-23(21)33(27(32)37)15-17-4-5-17)30-24(34)10-16(2)11-25(35)31-20-7-6-18(14-29)22(28)13-20/h6-9,12-13,16-17H,3-5,10-11,15H2,1-2H3,(H,30,34)(H,31,35). The quantitative estimate of drug-likeness (QED) is 0.438. The number of hydrogen-bond donors (Lipinski definition) is 2. The molecule has 1 fully saturated rings. The molecule has 2 N–H and O–H groups in total. The minimum Gasteiger partial charge on any atom is -0.326 e. The van der Waals surface area contributed by atoms with E-state index in [2.05, 4.69) is 10.6 Å². The van der Waals surface area contributed by atoms with Crippen LogP contribution in [0.3, 0.4) is 0 Å². The second-order valence-corrected chi connectivity index (χ2v) is 9.94. The van der Waals surface area contributed by atoms with Crippen molar-refractivity contribution in [3.05, 3.63) is 67.8 Å². The molecule has 3 aromatic rings. The first kappa shape index (κ1) is 26.2. The number of rotatable bonds is 9. The molecule has 1 aromatic heterocycles. The van der Waals surface area contributed by atoms with Crippen LogP contribution in [0, 0.1) is 23.2 Å². The molecule has 0 saturated heterocycles. The van der Waals surface area contributed by atoms with Crippen molar-refractivity contribution in [2.45, 2.75) is 52.6 Å². The van der Waals surface area contributed by atoms with Crippen LogP contribution < -0.4 is 21.9 Å². The second kappa shape index (κ2) is 11.0. The van der Waals surface area contributed by atoms with Gasteiger partial charge >= 0.3 is 5.69 Å². The first-order valence-corrected chi connectivity index (χ1v) is 12.6. The summed E-state index contributed by atoms with van der Waals surface area (Å²) in [6.07, 6.45) is 2.35. The summed E-state index contributed by atoms with van der Waals surface area (Å²) < 4.78 is 2.88. The van der Waals surface area contributed by atoms with Crippen molar-refractivity contribution in [3.63, 3.8) is 0 Å². The molecule has 9 nitrogen and oxygen atoms in total. The maximum Gasteiger partial charge on any atom is 0.331 e. The molecular weight excluding hydrogens is 494 g/mol. The lowest BCUT2D eigenvalue weighted by atomic mass is 10.0. The van der Waals surface area contributed by atoms with Gasteiger partial charge in [-0.1, -0.05) is 18.5 Å². The third-order valence-corrected chi connectivity index (χ3v) is 6.72. The first-order valence-electron chi connectivity index (χ1n) is 12.3. The lowest BCUT2D eigenvalue weighted by Gasteiger charge is -2.15. The number of carbonyl (C=O) groups excluding carboxylic acids is 2. The summed E-state index contributed by atoms with van der Waals surface area (Å²) in [5.74, 6) is -0.366. The second-order valence-electron chi connectivity index (χ2n) is 9.53. The average molecular weight is 522 g/mol. The number of nitriles is 1. The van der Waals surface area contributed by atoms with E-state index in [4.69, 9.17) is 16.9 Å². The van der Waals surface area contributed by atoms with Crippen LogP contribution in [0.25, 0.3) is 10.9 Å². The molecule has 0 bridgehead atoms. The Morgan fingerprint density at radius 2 is 1.68 bits per heavy atom. The average Bonchev–Trinajstić information content (AvgIpc) is 3.66. The zero-order valence-corrected chi connectivity index (χ0v) is 21.5. The zero-order valence-electron chi connectivity index (χ0n) is 20.7. The normalized spacial score (nSPS) is 13.7. The maximum absolute atomic E-state index is 12.9. The van der Waals surface area contributed by atoms with Gasteiger partial charge in [-0.25, -0.2) is 4.79 Å². The van der Waals surface area contributed by atoms with Gasteiger partial charge in [0.25, 0.3) is 5.56 Å². The summed E-state index contributed by atoms with van der Waals surface area (Å²) in [5, 5.41) is 15.1. The fourth-order valence-electron chi connectivity index (χ4n) is 4.33. The molecule has 1 atom stereocenters. The molecule has 4 rings (SSSR count). The fourth-order valence-corrected chi connectivity index (χ4v) is 4.55. The molecule has 37 heavy (non-hydrogen) atoms. The molecule has 1 saturated carbocycles. The van der Waals surface area contributed by atoms with Crippen LogP contribution in [0.4, 0.5) is 11.4 Å². The Morgan fingerprint density at radius 1 is 1.05 bits per heavy atom. The van der Waals surface area contributed by atoms with Crippen LogP contribution >= 0.6 is 11.6 Å². The summed E-state index contributed by atoms with van der Waals surface area (Å²) in [5.41, 5.74) is 1.13. The van der Waals surface area contributed by atoms with E-state index in [1.165, 1.54) is 16.7 Å². The van der Waals surface area contributed by atoms with Crippen LogP contribution in [0.5, 0.6) is 0 Å². The van der Waals surface area contributed by atoms with Crippen molar-refractivity contribution in [2.75, 3.05) is 10.6 Å². The Labute approximate surface area is 218 Å². The van der Waals surface area contributed by atoms with Crippen molar-refractivity contribution >= 4 is 45.7 Å². The highest BCUT2D eigenvalue weighted by molar-refractivity contribution is 6.32. The van der Waals surface area contributed by atoms with Gasteiger partial charge in [0.2, 0.25) is 11.8 Å². The largest absolute Gasteiger partial charge is 0.331 e. The smallest absolute Gasteiger partial charge is 0.326 e. The Balaban J connectivity index is 1.42. The van der Waals surface area contributed by atoms with Crippen molar-refractivity contribution in [2.24, 2.45) is 11.8 Å². The lowest BCUT2D eigenvalue weighted by molar-refractivity contribution is -0.118. The monoisotopic (exact) mass is 521 g/mol. The van der Waals surface area contributed by atoms with Crippen LogP contribution in [-0.2, 0) is 22.7 Å². The van der Waals surface area contributed by atoms with Gasteiger partial charge in [0, 0.05) is 37.3 Å². The van der Waals surface area contributed by atoms with Gasteiger partial charge in [0.1, 0.15) is 6.07 Å². The number of hydrogen-bond acceptors (Lipinski definition) is 5. The van der Waals surface area contributed by atoms with E-state index in [1.807, 2.05) is 6.07 Å². The predicted molar refractivity (Wildman–Crippen MR) is 143 cm³/mol. The molecule has 0 aliphatic heterocycles. The number of halogens is 1. The Bertz CT molecular complexity index is 1530. The Kier molecular flexibility index (Phi) is 7.79. The van der Waals surface area contributed by atoms with E-state index >= 15 is 0 Å². The number of amides is 2. The lowest BCUT2D eigenvalue weighted by Crippen LogP contribution is -2.40. The third kappa shape index (κ3) is 6.09. The molecule has 1 aliphatic carbocycles. The van der Waals surface area contributed by atoms with Crippen LogP contribution in [0.2, 0.25) is 5.02 Å². The molecule has 2 aromatic carbocycles. The summed E-state index contributed by atoms with van der Waals surface area (Å²) in [6, 6.07) is 11.6. The fraction of sp³-hybridized carbons (Fsp3) is 0.370. The van der Waals surface area contributed by atoms with Crippen molar-refractivity contribution in [1.29, 1.82) is 5.26 Å². The zero-order chi connectivity index (χ0) is 26.7. The SMILES string of the molecule is CCn1c(=O)c2cc(NC(=O)CC(C)CC(=O)Nc3ccc(C#N)c(Cl)c3)ccc2n(CC2CC2)c1=O. The van der Waals surface area contributed by atoms with Gasteiger partial charge in [0.15, 0.2) is 0 Å². The summed E-state index contributed by atoms with van der Waals surface area (Å²) in [4.78, 5) is 50.8. The molecule has 1 unspecified atom stereocenters. The molecule has 10 heteroatoms. The van der Waals surface area contributed by atoms with Crippen LogP contribution in [0.15, 0.2) is 46.0 Å². The van der Waals surface area contributed by atoms with Gasteiger partial charge in [-0.2, -0.15) is 5.26 Å². The van der Waals surface area contributed by atoms with E-state index < -0.39 is 0 Å². The highest BCUT2D eigenvalue weighted by Gasteiger charge is 2.24. The van der Waals surface area contributed by atoms with Gasteiger partial charge in [-0.3, -0.25) is 23.5 Å². The van der Waals surface area contributed by atoms with Gasteiger partial charge < -0.3 is 10.6 Å².